The van der Waals surface area contributed by atoms with Crippen molar-refractivity contribution in [1.82, 2.24) is 0 Å². The van der Waals surface area contributed by atoms with Gasteiger partial charge in [0.15, 0.2) is 11.6 Å². The van der Waals surface area contributed by atoms with Crippen LogP contribution in [-0.4, -0.2) is 19.7 Å². The Morgan fingerprint density at radius 3 is 2.10 bits per heavy atom. The van der Waals surface area contributed by atoms with Crippen molar-refractivity contribution in [1.29, 1.82) is 0 Å². The molecule has 0 amide bonds. The lowest BCUT2D eigenvalue weighted by Gasteiger charge is -2.22. The number of ether oxygens (including phenoxy) is 2. The topological polar surface area (TPSA) is 35.5 Å². The fourth-order valence-corrected chi connectivity index (χ4v) is 1.62. The molecule has 0 spiro atoms. The zero-order valence-corrected chi connectivity index (χ0v) is 11.2. The van der Waals surface area contributed by atoms with Crippen LogP contribution in [0.4, 0.5) is 17.6 Å². The zero-order chi connectivity index (χ0) is 15.5. The first-order valence-electron chi connectivity index (χ1n) is 5.70. The highest BCUT2D eigenvalue weighted by Gasteiger charge is 2.27. The minimum absolute atomic E-state index is 0.0386. The third kappa shape index (κ3) is 3.93. The maximum Gasteiger partial charge on any atom is 0.312 e. The van der Waals surface area contributed by atoms with Crippen molar-refractivity contribution in [2.45, 2.75) is 20.3 Å². The molecule has 1 aromatic rings. The van der Waals surface area contributed by atoms with E-state index in [1.165, 1.54) is 7.11 Å². The molecule has 0 saturated heterocycles. The molecule has 0 aliphatic rings. The van der Waals surface area contributed by atoms with Crippen molar-refractivity contribution < 1.29 is 31.8 Å². The molecule has 0 heterocycles. The molecule has 0 radical (unpaired) electrons. The van der Waals surface area contributed by atoms with Gasteiger partial charge in [-0.2, -0.15) is 8.78 Å². The lowest BCUT2D eigenvalue weighted by Crippen LogP contribution is -2.25. The van der Waals surface area contributed by atoms with E-state index in [1.807, 2.05) is 0 Å². The zero-order valence-electron chi connectivity index (χ0n) is 11.2. The van der Waals surface area contributed by atoms with Crippen molar-refractivity contribution in [3.05, 3.63) is 29.3 Å². The molecule has 0 fully saturated rings. The van der Waals surface area contributed by atoms with Gasteiger partial charge in [0.25, 0.3) is 0 Å². The Kier molecular flexibility index (Phi) is 5.10. The second-order valence-electron chi connectivity index (χ2n) is 5.05. The van der Waals surface area contributed by atoms with Crippen molar-refractivity contribution in [3.63, 3.8) is 0 Å². The van der Waals surface area contributed by atoms with E-state index in [-0.39, 0.29) is 19.1 Å². The average Bonchev–Trinajstić information content (AvgIpc) is 2.31. The molecule has 112 valence electrons. The molecule has 20 heavy (non-hydrogen) atoms. The molecule has 0 aliphatic heterocycles. The molecule has 1 rings (SSSR count). The Bertz CT molecular complexity index is 489. The van der Waals surface area contributed by atoms with Crippen LogP contribution < -0.4 is 4.74 Å². The molecular weight excluding hydrogens is 280 g/mol. The normalized spacial score (nSPS) is 11.6. The molecule has 0 unspecified atom stereocenters. The van der Waals surface area contributed by atoms with Gasteiger partial charge >= 0.3 is 5.97 Å². The Hall–Kier alpha value is -1.63. The van der Waals surface area contributed by atoms with Crippen LogP contribution in [0, 0.1) is 28.7 Å². The highest BCUT2D eigenvalue weighted by atomic mass is 19.2. The average molecular weight is 294 g/mol. The smallest absolute Gasteiger partial charge is 0.312 e. The largest absolute Gasteiger partial charge is 0.420 e. The van der Waals surface area contributed by atoms with E-state index in [0.717, 1.165) is 0 Å². The van der Waals surface area contributed by atoms with Gasteiger partial charge in [0.2, 0.25) is 17.4 Å². The van der Waals surface area contributed by atoms with E-state index in [1.54, 1.807) is 13.8 Å². The summed E-state index contributed by atoms with van der Waals surface area (Å²) in [7, 11) is 1.42. The van der Waals surface area contributed by atoms with Crippen LogP contribution >= 0.6 is 0 Å². The number of esters is 1. The summed E-state index contributed by atoms with van der Waals surface area (Å²) < 4.78 is 61.7. The van der Waals surface area contributed by atoms with Gasteiger partial charge in [0.1, 0.15) is 0 Å². The number of carbonyl (C=O) groups is 1. The van der Waals surface area contributed by atoms with Gasteiger partial charge in [-0.25, -0.2) is 8.78 Å². The van der Waals surface area contributed by atoms with Gasteiger partial charge in [-0.3, -0.25) is 4.79 Å². The maximum absolute atomic E-state index is 13.3. The van der Waals surface area contributed by atoms with Crippen molar-refractivity contribution >= 4 is 5.97 Å². The lowest BCUT2D eigenvalue weighted by molar-refractivity contribution is -0.137. The van der Waals surface area contributed by atoms with E-state index in [2.05, 4.69) is 4.74 Å². The van der Waals surface area contributed by atoms with Gasteiger partial charge in [-0.15, -0.1) is 0 Å². The second kappa shape index (κ2) is 6.21. The number of halogens is 4. The molecule has 0 saturated carbocycles. The summed E-state index contributed by atoms with van der Waals surface area (Å²) in [4.78, 5) is 11.6. The van der Waals surface area contributed by atoms with Crippen LogP contribution in [0.15, 0.2) is 6.07 Å². The molecule has 3 nitrogen and oxygen atoms in total. The van der Waals surface area contributed by atoms with E-state index in [9.17, 15) is 22.4 Å². The lowest BCUT2D eigenvalue weighted by atomic mass is 9.91. The number of benzene rings is 1. The van der Waals surface area contributed by atoms with E-state index >= 15 is 0 Å². The minimum Gasteiger partial charge on any atom is -0.420 e. The minimum atomic E-state index is -1.75. The van der Waals surface area contributed by atoms with Crippen LogP contribution in [-0.2, 0) is 9.53 Å². The second-order valence-corrected chi connectivity index (χ2v) is 5.05. The van der Waals surface area contributed by atoms with Gasteiger partial charge < -0.3 is 9.47 Å². The fraction of sp³-hybridized carbons (Fsp3) is 0.462. The van der Waals surface area contributed by atoms with E-state index in [4.69, 9.17) is 4.74 Å². The Labute approximate surface area is 113 Å². The van der Waals surface area contributed by atoms with Crippen molar-refractivity contribution in [3.8, 4) is 5.75 Å². The summed E-state index contributed by atoms with van der Waals surface area (Å²) in [6.45, 7) is 3.53. The summed E-state index contributed by atoms with van der Waals surface area (Å²) in [5.74, 6) is -9.16. The van der Waals surface area contributed by atoms with Gasteiger partial charge in [-0.1, -0.05) is 13.8 Å². The number of hydrogen-bond acceptors (Lipinski definition) is 3. The number of hydrogen-bond donors (Lipinski definition) is 0. The molecule has 0 N–H and O–H groups in total. The Morgan fingerprint density at radius 1 is 1.15 bits per heavy atom. The monoisotopic (exact) mass is 294 g/mol. The highest BCUT2D eigenvalue weighted by molar-refractivity contribution is 5.73. The van der Waals surface area contributed by atoms with Gasteiger partial charge in [0.05, 0.1) is 13.0 Å². The summed E-state index contributed by atoms with van der Waals surface area (Å²) in [5.41, 5.74) is -0.648. The van der Waals surface area contributed by atoms with E-state index in [0.29, 0.717) is 0 Å². The highest BCUT2D eigenvalue weighted by Crippen LogP contribution is 2.28. The summed E-state index contributed by atoms with van der Waals surface area (Å²) >= 11 is 0. The van der Waals surface area contributed by atoms with Crippen LogP contribution in [0.1, 0.15) is 20.3 Å². The standard InChI is InChI=1S/C13H14F4O3/c1-13(2,6-19-3)5-9(18)20-12-10(16)7(14)4-8(15)11(12)17/h4H,5-6H2,1-3H3. The first-order valence-corrected chi connectivity index (χ1v) is 5.70. The molecule has 0 aromatic heterocycles. The number of rotatable bonds is 5. The summed E-state index contributed by atoms with van der Waals surface area (Å²) in [6.07, 6.45) is -0.238. The number of methoxy groups -OCH3 is 1. The number of carbonyl (C=O) groups excluding carboxylic acids is 1. The molecule has 0 atom stereocenters. The summed E-state index contributed by atoms with van der Waals surface area (Å²) in [5, 5.41) is 0. The van der Waals surface area contributed by atoms with Crippen LogP contribution in [0.3, 0.4) is 0 Å². The molecule has 1 aromatic carbocycles. The summed E-state index contributed by atoms with van der Waals surface area (Å²) in [6, 6.07) is 0.0386. The van der Waals surface area contributed by atoms with Gasteiger partial charge in [0, 0.05) is 13.2 Å². The predicted molar refractivity (Wildman–Crippen MR) is 62.2 cm³/mol. The Balaban J connectivity index is 2.92. The Morgan fingerprint density at radius 2 is 1.65 bits per heavy atom. The third-order valence-electron chi connectivity index (χ3n) is 2.45. The van der Waals surface area contributed by atoms with E-state index < -0.39 is 40.4 Å². The van der Waals surface area contributed by atoms with Crippen molar-refractivity contribution in [2.24, 2.45) is 5.41 Å². The molecule has 0 aliphatic carbocycles. The predicted octanol–water partition coefficient (Wildman–Crippen LogP) is 3.21. The van der Waals surface area contributed by atoms with Crippen LogP contribution in [0.5, 0.6) is 5.75 Å². The molecule has 7 heteroatoms. The quantitative estimate of drug-likeness (QED) is 0.362. The van der Waals surface area contributed by atoms with Crippen LogP contribution in [0.25, 0.3) is 0 Å². The molecular formula is C13H14F4O3. The SMILES string of the molecule is COCC(C)(C)CC(=O)Oc1c(F)c(F)cc(F)c1F. The van der Waals surface area contributed by atoms with Crippen molar-refractivity contribution in [2.75, 3.05) is 13.7 Å². The van der Waals surface area contributed by atoms with Gasteiger partial charge in [-0.05, 0) is 5.41 Å². The fourth-order valence-electron chi connectivity index (χ4n) is 1.62. The molecule has 0 bridgehead atoms. The maximum atomic E-state index is 13.3. The van der Waals surface area contributed by atoms with Crippen LogP contribution in [0.2, 0.25) is 0 Å². The third-order valence-corrected chi connectivity index (χ3v) is 2.45. The first-order chi connectivity index (χ1) is 9.18. The first kappa shape index (κ1) is 16.4.